The summed E-state index contributed by atoms with van der Waals surface area (Å²) in [5.41, 5.74) is 2.65. The van der Waals surface area contributed by atoms with E-state index in [1.807, 2.05) is 26.8 Å². The van der Waals surface area contributed by atoms with E-state index in [9.17, 15) is 18.0 Å². The minimum Gasteiger partial charge on any atom is -0.497 e. The Balaban J connectivity index is 2.03. The van der Waals surface area contributed by atoms with Crippen molar-refractivity contribution in [2.24, 2.45) is 0 Å². The van der Waals surface area contributed by atoms with E-state index in [1.165, 1.54) is 23.1 Å². The van der Waals surface area contributed by atoms with Gasteiger partial charge >= 0.3 is 0 Å². The van der Waals surface area contributed by atoms with Crippen molar-refractivity contribution in [2.75, 3.05) is 24.5 Å². The van der Waals surface area contributed by atoms with Gasteiger partial charge in [-0.05, 0) is 74.7 Å². The van der Waals surface area contributed by atoms with Gasteiger partial charge in [0, 0.05) is 18.1 Å². The molecule has 220 valence electrons. The predicted molar refractivity (Wildman–Crippen MR) is 163 cm³/mol. The molecule has 1 atom stereocenters. The molecule has 10 heteroatoms. The lowest BCUT2D eigenvalue weighted by Crippen LogP contribution is -2.51. The molecule has 3 aromatic carbocycles. The molecule has 1 N–H and O–H groups in total. The topological polar surface area (TPSA) is 96.0 Å². The molecule has 3 rings (SSSR count). The third kappa shape index (κ3) is 8.24. The van der Waals surface area contributed by atoms with Crippen LogP contribution in [0.15, 0.2) is 71.6 Å². The number of sulfonamides is 1. The van der Waals surface area contributed by atoms with E-state index >= 15 is 0 Å². The molecule has 41 heavy (non-hydrogen) atoms. The highest BCUT2D eigenvalue weighted by Crippen LogP contribution is 2.29. The van der Waals surface area contributed by atoms with Crippen LogP contribution in [-0.4, -0.2) is 51.4 Å². The first-order valence-corrected chi connectivity index (χ1v) is 15.4. The Hall–Kier alpha value is -3.56. The summed E-state index contributed by atoms with van der Waals surface area (Å²) in [5.74, 6) is -0.257. The molecule has 3 aromatic rings. The SMILES string of the molecule is CCCCNC(=O)C(C)N(Cc1cccc(OC)c1)C(=O)CN(c1ccc(C)c(Cl)c1)S(=O)(=O)c1ccc(C)cc1. The molecular formula is C31H38ClN3O5S. The highest BCUT2D eigenvalue weighted by atomic mass is 35.5. The number of amides is 2. The van der Waals surface area contributed by atoms with Crippen LogP contribution in [0, 0.1) is 13.8 Å². The van der Waals surface area contributed by atoms with Crippen molar-refractivity contribution in [3.8, 4) is 5.75 Å². The number of hydrogen-bond acceptors (Lipinski definition) is 5. The van der Waals surface area contributed by atoms with Crippen molar-refractivity contribution in [1.82, 2.24) is 10.2 Å². The number of aryl methyl sites for hydroxylation is 2. The standard InChI is InChI=1S/C31H38ClN3O5S/c1-6-7-17-33-31(37)24(4)34(20-25-9-8-10-27(18-25)40-5)30(36)21-35(26-14-13-23(3)29(32)19-26)41(38,39)28-15-11-22(2)12-16-28/h8-16,18-19,24H,6-7,17,20-21H2,1-5H3,(H,33,37). The highest BCUT2D eigenvalue weighted by molar-refractivity contribution is 7.92. The zero-order valence-corrected chi connectivity index (χ0v) is 25.8. The molecule has 0 radical (unpaired) electrons. The van der Waals surface area contributed by atoms with E-state index in [0.717, 1.165) is 33.8 Å². The molecule has 0 saturated carbocycles. The average molecular weight is 600 g/mol. The fourth-order valence-corrected chi connectivity index (χ4v) is 5.77. The molecule has 2 amide bonds. The van der Waals surface area contributed by atoms with Crippen molar-refractivity contribution in [1.29, 1.82) is 0 Å². The van der Waals surface area contributed by atoms with Gasteiger partial charge in [-0.3, -0.25) is 13.9 Å². The summed E-state index contributed by atoms with van der Waals surface area (Å²) in [4.78, 5) is 28.5. The van der Waals surface area contributed by atoms with Crippen LogP contribution in [0.3, 0.4) is 0 Å². The number of unbranched alkanes of at least 4 members (excludes halogenated alkanes) is 1. The maximum atomic E-state index is 14.0. The summed E-state index contributed by atoms with van der Waals surface area (Å²) in [7, 11) is -2.62. The highest BCUT2D eigenvalue weighted by Gasteiger charge is 2.32. The van der Waals surface area contributed by atoms with Gasteiger partial charge in [0.1, 0.15) is 18.3 Å². The number of anilines is 1. The Morgan fingerprint density at radius 2 is 1.73 bits per heavy atom. The van der Waals surface area contributed by atoms with Gasteiger partial charge in [-0.15, -0.1) is 0 Å². The summed E-state index contributed by atoms with van der Waals surface area (Å²) in [5, 5.41) is 3.25. The number of methoxy groups -OCH3 is 1. The maximum Gasteiger partial charge on any atom is 0.264 e. The fourth-order valence-electron chi connectivity index (χ4n) is 4.19. The minimum atomic E-state index is -4.17. The largest absolute Gasteiger partial charge is 0.497 e. The quantitative estimate of drug-likeness (QED) is 0.262. The van der Waals surface area contributed by atoms with Gasteiger partial charge in [-0.25, -0.2) is 8.42 Å². The Kier molecular flexibility index (Phi) is 11.2. The molecule has 0 aromatic heterocycles. The third-order valence-corrected chi connectivity index (χ3v) is 9.01. The number of hydrogen-bond donors (Lipinski definition) is 1. The van der Waals surface area contributed by atoms with E-state index in [0.29, 0.717) is 17.3 Å². The number of benzene rings is 3. The molecule has 0 spiro atoms. The number of rotatable bonds is 13. The Bertz CT molecular complexity index is 1460. The molecule has 0 fully saturated rings. The third-order valence-electron chi connectivity index (χ3n) is 6.82. The minimum absolute atomic E-state index is 0.0392. The Morgan fingerprint density at radius 3 is 2.37 bits per heavy atom. The second kappa shape index (κ2) is 14.4. The zero-order chi connectivity index (χ0) is 30.2. The molecule has 1 unspecified atom stereocenters. The summed E-state index contributed by atoms with van der Waals surface area (Å²) < 4.78 is 34.2. The van der Waals surface area contributed by atoms with Gasteiger partial charge in [0.2, 0.25) is 11.8 Å². The summed E-state index contributed by atoms with van der Waals surface area (Å²) in [6.07, 6.45) is 1.71. The first kappa shape index (κ1) is 32.0. The van der Waals surface area contributed by atoms with E-state index in [4.69, 9.17) is 16.3 Å². The molecule has 0 aliphatic heterocycles. The Morgan fingerprint density at radius 1 is 1.02 bits per heavy atom. The number of halogens is 1. The lowest BCUT2D eigenvalue weighted by molar-refractivity contribution is -0.139. The fraction of sp³-hybridized carbons (Fsp3) is 0.355. The molecule has 8 nitrogen and oxygen atoms in total. The van der Waals surface area contributed by atoms with Crippen molar-refractivity contribution < 1.29 is 22.7 Å². The van der Waals surface area contributed by atoms with E-state index in [-0.39, 0.29) is 23.0 Å². The molecule has 0 saturated heterocycles. The van der Waals surface area contributed by atoms with E-state index < -0.39 is 28.5 Å². The maximum absolute atomic E-state index is 14.0. The number of carbonyl (C=O) groups is 2. The lowest BCUT2D eigenvalue weighted by atomic mass is 10.1. The van der Waals surface area contributed by atoms with Gasteiger partial charge in [0.05, 0.1) is 17.7 Å². The van der Waals surface area contributed by atoms with Crippen LogP contribution in [0.1, 0.15) is 43.4 Å². The number of nitrogens with one attached hydrogen (secondary N) is 1. The van der Waals surface area contributed by atoms with Crippen molar-refractivity contribution in [3.05, 3.63) is 88.4 Å². The smallest absolute Gasteiger partial charge is 0.264 e. The molecule has 0 aliphatic carbocycles. The normalized spacial score (nSPS) is 12.0. The van der Waals surface area contributed by atoms with Crippen LogP contribution in [0.2, 0.25) is 5.02 Å². The first-order chi connectivity index (χ1) is 19.5. The second-order valence-corrected chi connectivity index (χ2v) is 12.2. The summed E-state index contributed by atoms with van der Waals surface area (Å²) in [6, 6.07) is 17.6. The van der Waals surface area contributed by atoms with Crippen molar-refractivity contribution in [3.63, 3.8) is 0 Å². The van der Waals surface area contributed by atoms with Crippen molar-refractivity contribution >= 4 is 39.1 Å². The molecule has 0 aliphatic rings. The van der Waals surface area contributed by atoms with E-state index in [2.05, 4.69) is 5.32 Å². The summed E-state index contributed by atoms with van der Waals surface area (Å²) >= 11 is 6.38. The first-order valence-electron chi connectivity index (χ1n) is 13.5. The number of nitrogens with zero attached hydrogens (tertiary/aromatic N) is 2. The van der Waals surface area contributed by atoms with Crippen LogP contribution < -0.4 is 14.4 Å². The van der Waals surface area contributed by atoms with Gasteiger partial charge in [0.25, 0.3) is 10.0 Å². The van der Waals surface area contributed by atoms with Crippen molar-refractivity contribution in [2.45, 2.75) is 58.0 Å². The van der Waals surface area contributed by atoms with Crippen LogP contribution in [0.4, 0.5) is 5.69 Å². The Labute approximate surface area is 248 Å². The van der Waals surface area contributed by atoms with Crippen LogP contribution in [0.25, 0.3) is 0 Å². The van der Waals surface area contributed by atoms with Crippen LogP contribution >= 0.6 is 11.6 Å². The lowest BCUT2D eigenvalue weighted by Gasteiger charge is -2.32. The van der Waals surface area contributed by atoms with Crippen LogP contribution in [-0.2, 0) is 26.2 Å². The molecular weight excluding hydrogens is 562 g/mol. The predicted octanol–water partition coefficient (Wildman–Crippen LogP) is 5.49. The van der Waals surface area contributed by atoms with Gasteiger partial charge in [-0.2, -0.15) is 0 Å². The van der Waals surface area contributed by atoms with Crippen LogP contribution in [0.5, 0.6) is 5.75 Å². The second-order valence-electron chi connectivity index (χ2n) is 9.95. The summed E-state index contributed by atoms with van der Waals surface area (Å²) in [6.45, 7) is 7.36. The van der Waals surface area contributed by atoms with Gasteiger partial charge in [-0.1, -0.05) is 60.8 Å². The number of ether oxygens (including phenoxy) is 1. The number of carbonyl (C=O) groups excluding carboxylic acids is 2. The zero-order valence-electron chi connectivity index (χ0n) is 24.2. The van der Waals surface area contributed by atoms with Gasteiger partial charge < -0.3 is 15.0 Å². The van der Waals surface area contributed by atoms with Gasteiger partial charge in [0.15, 0.2) is 0 Å². The van der Waals surface area contributed by atoms with E-state index in [1.54, 1.807) is 56.5 Å². The molecule has 0 heterocycles. The average Bonchev–Trinajstić information content (AvgIpc) is 2.96. The molecule has 0 bridgehead atoms. The monoisotopic (exact) mass is 599 g/mol.